The summed E-state index contributed by atoms with van der Waals surface area (Å²) in [7, 11) is 0. The summed E-state index contributed by atoms with van der Waals surface area (Å²) >= 11 is 5.99. The quantitative estimate of drug-likeness (QED) is 0.647. The minimum atomic E-state index is -0.925. The number of carbonyl (C=O) groups excluding carboxylic acids is 1. The number of carbonyl (C=O) groups is 1. The van der Waals surface area contributed by atoms with Gasteiger partial charge in [-0.25, -0.2) is 8.78 Å². The molecule has 0 bridgehead atoms. The standard InChI is InChI=1S/C24H26ClF2N3O/c1-13-8-9-18(17(26)10-13)30-23(31)22-20(14-6-5-7-16(25)21(14)27)15(12-28)19(29-22)11-24(2,3)4/h5-10,15,19-20,22,29H,11H2,1-4H3,(H,30,31)/t15?,19?,20?,22-/m1/s1. The minimum absolute atomic E-state index is 0.0375. The minimum Gasteiger partial charge on any atom is -0.322 e. The van der Waals surface area contributed by atoms with E-state index < -0.39 is 35.4 Å². The Kier molecular flexibility index (Phi) is 6.68. The number of halogens is 3. The molecular weight excluding hydrogens is 420 g/mol. The summed E-state index contributed by atoms with van der Waals surface area (Å²) in [5.74, 6) is -3.16. The van der Waals surface area contributed by atoms with Gasteiger partial charge in [-0.05, 0) is 48.1 Å². The molecule has 0 spiro atoms. The molecule has 3 rings (SSSR count). The van der Waals surface area contributed by atoms with Crippen molar-refractivity contribution in [1.82, 2.24) is 5.32 Å². The molecule has 1 fully saturated rings. The molecule has 3 unspecified atom stereocenters. The monoisotopic (exact) mass is 445 g/mol. The third-order valence-corrected chi connectivity index (χ3v) is 5.85. The smallest absolute Gasteiger partial charge is 0.242 e. The Labute approximate surface area is 186 Å². The van der Waals surface area contributed by atoms with Crippen molar-refractivity contribution in [2.24, 2.45) is 11.3 Å². The van der Waals surface area contributed by atoms with Crippen LogP contribution >= 0.6 is 11.6 Å². The first-order valence-electron chi connectivity index (χ1n) is 10.2. The highest BCUT2D eigenvalue weighted by Crippen LogP contribution is 2.42. The third-order valence-electron chi connectivity index (χ3n) is 5.56. The lowest BCUT2D eigenvalue weighted by Gasteiger charge is -2.25. The van der Waals surface area contributed by atoms with Crippen LogP contribution in [-0.2, 0) is 4.79 Å². The lowest BCUT2D eigenvalue weighted by molar-refractivity contribution is -0.118. The van der Waals surface area contributed by atoms with Crippen molar-refractivity contribution in [3.8, 4) is 6.07 Å². The summed E-state index contributed by atoms with van der Waals surface area (Å²) in [5.41, 5.74) is 0.838. The molecule has 0 aromatic heterocycles. The number of amides is 1. The van der Waals surface area contributed by atoms with Crippen LogP contribution in [-0.4, -0.2) is 18.0 Å². The fourth-order valence-electron chi connectivity index (χ4n) is 4.23. The number of nitriles is 1. The predicted octanol–water partition coefficient (Wildman–Crippen LogP) is 5.57. The molecule has 2 aromatic carbocycles. The Morgan fingerprint density at radius 1 is 1.26 bits per heavy atom. The number of nitrogens with one attached hydrogen (secondary N) is 2. The van der Waals surface area contributed by atoms with E-state index in [1.54, 1.807) is 25.1 Å². The first kappa shape index (κ1) is 23.2. The van der Waals surface area contributed by atoms with Crippen molar-refractivity contribution in [3.05, 3.63) is 64.2 Å². The topological polar surface area (TPSA) is 64.9 Å². The lowest BCUT2D eigenvalue weighted by atomic mass is 9.77. The summed E-state index contributed by atoms with van der Waals surface area (Å²) in [5, 5.41) is 15.7. The van der Waals surface area contributed by atoms with Gasteiger partial charge in [-0.3, -0.25) is 4.79 Å². The molecule has 1 heterocycles. The zero-order chi connectivity index (χ0) is 22.9. The number of benzene rings is 2. The molecule has 4 nitrogen and oxygen atoms in total. The highest BCUT2D eigenvalue weighted by atomic mass is 35.5. The van der Waals surface area contributed by atoms with Crippen LogP contribution in [0.3, 0.4) is 0 Å². The molecule has 0 saturated carbocycles. The molecule has 0 aliphatic carbocycles. The van der Waals surface area contributed by atoms with Crippen molar-refractivity contribution >= 4 is 23.2 Å². The van der Waals surface area contributed by atoms with Gasteiger partial charge in [-0.1, -0.05) is 50.6 Å². The van der Waals surface area contributed by atoms with E-state index in [-0.39, 0.29) is 27.7 Å². The number of aryl methyl sites for hydroxylation is 1. The van der Waals surface area contributed by atoms with Crippen molar-refractivity contribution in [2.45, 2.75) is 52.1 Å². The summed E-state index contributed by atoms with van der Waals surface area (Å²) in [6, 6.07) is 10.1. The van der Waals surface area contributed by atoms with Crippen LogP contribution in [0.5, 0.6) is 0 Å². The van der Waals surface area contributed by atoms with Crippen LogP contribution in [0, 0.1) is 41.2 Å². The third kappa shape index (κ3) is 5.06. The van der Waals surface area contributed by atoms with E-state index in [0.717, 1.165) is 5.56 Å². The number of hydrogen-bond acceptors (Lipinski definition) is 3. The summed E-state index contributed by atoms with van der Waals surface area (Å²) in [6.45, 7) is 7.85. The van der Waals surface area contributed by atoms with Crippen molar-refractivity contribution in [3.63, 3.8) is 0 Å². The SMILES string of the molecule is Cc1ccc(NC(=O)[C@@H]2NC(CC(C)(C)C)C(C#N)C2c2cccc(Cl)c2F)c(F)c1. The molecule has 2 N–H and O–H groups in total. The molecule has 1 amide bonds. The predicted molar refractivity (Wildman–Crippen MR) is 118 cm³/mol. The maximum atomic E-state index is 14.9. The van der Waals surface area contributed by atoms with Gasteiger partial charge in [0.25, 0.3) is 0 Å². The van der Waals surface area contributed by atoms with Gasteiger partial charge in [0, 0.05) is 12.0 Å². The van der Waals surface area contributed by atoms with E-state index in [1.165, 1.54) is 18.2 Å². The average molecular weight is 446 g/mol. The first-order chi connectivity index (χ1) is 14.5. The Bertz CT molecular complexity index is 1030. The van der Waals surface area contributed by atoms with Crippen LogP contribution in [0.4, 0.5) is 14.5 Å². The first-order valence-corrected chi connectivity index (χ1v) is 10.6. The van der Waals surface area contributed by atoms with Crippen LogP contribution in [0.2, 0.25) is 5.02 Å². The number of anilines is 1. The average Bonchev–Trinajstić information content (AvgIpc) is 3.02. The molecule has 4 atom stereocenters. The second-order valence-electron chi connectivity index (χ2n) is 9.31. The van der Waals surface area contributed by atoms with Gasteiger partial charge in [0.05, 0.1) is 28.7 Å². The fraction of sp³-hybridized carbons (Fsp3) is 0.417. The molecule has 1 saturated heterocycles. The van der Waals surface area contributed by atoms with Gasteiger partial charge in [0.2, 0.25) is 5.91 Å². The van der Waals surface area contributed by atoms with E-state index >= 15 is 0 Å². The second kappa shape index (κ2) is 8.94. The van der Waals surface area contributed by atoms with Gasteiger partial charge in [0.15, 0.2) is 0 Å². The molecule has 7 heteroatoms. The van der Waals surface area contributed by atoms with Crippen LogP contribution in [0.15, 0.2) is 36.4 Å². The Balaban J connectivity index is 2.01. The second-order valence-corrected chi connectivity index (χ2v) is 9.72. The fourth-order valence-corrected chi connectivity index (χ4v) is 4.42. The van der Waals surface area contributed by atoms with Gasteiger partial charge in [0.1, 0.15) is 11.6 Å². The normalized spacial score (nSPS) is 23.4. The highest BCUT2D eigenvalue weighted by molar-refractivity contribution is 6.30. The van der Waals surface area contributed by atoms with Crippen LogP contribution in [0.25, 0.3) is 0 Å². The molecule has 1 aliphatic heterocycles. The van der Waals surface area contributed by atoms with E-state index in [1.807, 2.05) is 20.8 Å². The molecule has 2 aromatic rings. The summed E-state index contributed by atoms with van der Waals surface area (Å²) < 4.78 is 29.3. The number of rotatable bonds is 4. The van der Waals surface area contributed by atoms with E-state index in [9.17, 15) is 18.8 Å². The highest BCUT2D eigenvalue weighted by Gasteiger charge is 2.49. The molecule has 0 radical (unpaired) electrons. The largest absolute Gasteiger partial charge is 0.322 e. The molecular formula is C24H26ClF2N3O. The van der Waals surface area contributed by atoms with E-state index in [4.69, 9.17) is 11.6 Å². The van der Waals surface area contributed by atoms with Gasteiger partial charge in [-0.15, -0.1) is 0 Å². The van der Waals surface area contributed by atoms with Gasteiger partial charge >= 0.3 is 0 Å². The van der Waals surface area contributed by atoms with Crippen molar-refractivity contribution < 1.29 is 13.6 Å². The maximum Gasteiger partial charge on any atom is 0.242 e. The van der Waals surface area contributed by atoms with Gasteiger partial charge < -0.3 is 10.6 Å². The summed E-state index contributed by atoms with van der Waals surface area (Å²) in [6.07, 6.45) is 0.604. The zero-order valence-corrected chi connectivity index (χ0v) is 18.7. The lowest BCUT2D eigenvalue weighted by Crippen LogP contribution is -2.42. The van der Waals surface area contributed by atoms with Crippen LogP contribution < -0.4 is 10.6 Å². The maximum absolute atomic E-state index is 14.9. The zero-order valence-electron chi connectivity index (χ0n) is 18.0. The van der Waals surface area contributed by atoms with Crippen molar-refractivity contribution in [2.75, 3.05) is 5.32 Å². The number of hydrogen-bond donors (Lipinski definition) is 2. The van der Waals surface area contributed by atoms with Crippen molar-refractivity contribution in [1.29, 1.82) is 5.26 Å². The number of nitrogens with zero attached hydrogens (tertiary/aromatic N) is 1. The molecule has 1 aliphatic rings. The summed E-state index contributed by atoms with van der Waals surface area (Å²) in [4.78, 5) is 13.2. The molecule has 164 valence electrons. The molecule has 31 heavy (non-hydrogen) atoms. The van der Waals surface area contributed by atoms with Gasteiger partial charge in [-0.2, -0.15) is 5.26 Å². The van der Waals surface area contributed by atoms with E-state index in [0.29, 0.717) is 6.42 Å². The van der Waals surface area contributed by atoms with Crippen LogP contribution in [0.1, 0.15) is 44.2 Å². The Morgan fingerprint density at radius 2 is 1.97 bits per heavy atom. The Morgan fingerprint density at radius 3 is 2.58 bits per heavy atom. The Hall–Kier alpha value is -2.49. The van der Waals surface area contributed by atoms with E-state index in [2.05, 4.69) is 16.7 Å².